The van der Waals surface area contributed by atoms with Crippen molar-refractivity contribution in [3.05, 3.63) is 77.0 Å². The first kappa shape index (κ1) is 19.9. The number of halogens is 1. The predicted molar refractivity (Wildman–Crippen MR) is 112 cm³/mol. The maximum atomic E-state index is 11.9. The number of nitrogens with zero attached hydrogens (tertiary/aromatic N) is 1. The van der Waals surface area contributed by atoms with Crippen LogP contribution in [0.2, 0.25) is 5.02 Å². The Balaban J connectivity index is 1.51. The number of ketones is 1. The van der Waals surface area contributed by atoms with Crippen molar-refractivity contribution in [2.45, 2.75) is 11.8 Å². The van der Waals surface area contributed by atoms with E-state index in [2.05, 4.69) is 10.5 Å². The summed E-state index contributed by atoms with van der Waals surface area (Å²) < 4.78 is 5.69. The van der Waals surface area contributed by atoms with Gasteiger partial charge in [-0.2, -0.15) is 5.10 Å². The van der Waals surface area contributed by atoms with Gasteiger partial charge in [0.05, 0.1) is 12.0 Å². The number of carbonyl (C=O) groups is 2. The zero-order valence-electron chi connectivity index (χ0n) is 15.0. The lowest BCUT2D eigenvalue weighted by atomic mass is 10.1. The van der Waals surface area contributed by atoms with E-state index in [1.807, 2.05) is 30.3 Å². The van der Waals surface area contributed by atoms with Gasteiger partial charge in [-0.25, -0.2) is 5.43 Å². The lowest BCUT2D eigenvalue weighted by molar-refractivity contribution is -0.118. The molecule has 0 saturated heterocycles. The minimum absolute atomic E-state index is 0.0174. The highest BCUT2D eigenvalue weighted by molar-refractivity contribution is 8.00. The summed E-state index contributed by atoms with van der Waals surface area (Å²) in [5.41, 5.74) is 3.97. The number of hydrogen-bond acceptors (Lipinski definition) is 5. The Bertz CT molecular complexity index is 995. The molecule has 3 rings (SSSR count). The fraction of sp³-hybridized carbons (Fsp3) is 0.0952. The number of Topliss-reactive ketones (excluding diaryl/α,β-unsaturated/α-hetero) is 1. The molecule has 0 atom stereocenters. The van der Waals surface area contributed by atoms with Crippen LogP contribution in [0.25, 0.3) is 11.3 Å². The van der Waals surface area contributed by atoms with Crippen LogP contribution in [-0.2, 0) is 4.79 Å². The third-order valence-corrected chi connectivity index (χ3v) is 5.03. The molecule has 1 N–H and O–H groups in total. The van der Waals surface area contributed by atoms with Gasteiger partial charge in [0, 0.05) is 21.0 Å². The smallest absolute Gasteiger partial charge is 0.250 e. The Labute approximate surface area is 171 Å². The number of amides is 1. The molecular weight excluding hydrogens is 396 g/mol. The summed E-state index contributed by atoms with van der Waals surface area (Å²) in [6.45, 7) is 1.53. The van der Waals surface area contributed by atoms with Crippen molar-refractivity contribution in [3.63, 3.8) is 0 Å². The molecular formula is C21H17ClN2O3S. The molecule has 3 aromatic rings. The van der Waals surface area contributed by atoms with Gasteiger partial charge in [-0.05, 0) is 43.3 Å². The molecule has 0 aliphatic rings. The van der Waals surface area contributed by atoms with Crippen molar-refractivity contribution in [1.29, 1.82) is 0 Å². The molecule has 0 radical (unpaired) electrons. The van der Waals surface area contributed by atoms with Crippen LogP contribution in [-0.4, -0.2) is 23.7 Å². The second kappa shape index (κ2) is 9.39. The van der Waals surface area contributed by atoms with Crippen molar-refractivity contribution in [2.75, 3.05) is 5.75 Å². The summed E-state index contributed by atoms with van der Waals surface area (Å²) >= 11 is 7.23. The molecule has 0 bridgehead atoms. The fourth-order valence-electron chi connectivity index (χ4n) is 2.33. The molecule has 142 valence electrons. The topological polar surface area (TPSA) is 71.7 Å². The zero-order valence-corrected chi connectivity index (χ0v) is 16.6. The average Bonchev–Trinajstić information content (AvgIpc) is 3.16. The van der Waals surface area contributed by atoms with Crippen LogP contribution in [0.4, 0.5) is 0 Å². The fourth-order valence-corrected chi connectivity index (χ4v) is 3.14. The van der Waals surface area contributed by atoms with Crippen LogP contribution in [0.3, 0.4) is 0 Å². The van der Waals surface area contributed by atoms with Crippen molar-refractivity contribution < 1.29 is 14.0 Å². The molecule has 1 amide bonds. The number of rotatable bonds is 7. The minimum Gasteiger partial charge on any atom is -0.455 e. The van der Waals surface area contributed by atoms with Crippen LogP contribution in [0.1, 0.15) is 23.0 Å². The molecule has 0 spiro atoms. The van der Waals surface area contributed by atoms with Gasteiger partial charge >= 0.3 is 0 Å². The van der Waals surface area contributed by atoms with Crippen molar-refractivity contribution >= 4 is 41.3 Å². The molecule has 0 saturated carbocycles. The number of thioether (sulfide) groups is 1. The first-order valence-corrected chi connectivity index (χ1v) is 9.79. The molecule has 0 unspecified atom stereocenters. The molecule has 0 aliphatic carbocycles. The van der Waals surface area contributed by atoms with Gasteiger partial charge in [0.1, 0.15) is 11.5 Å². The predicted octanol–water partition coefficient (Wildman–Crippen LogP) is 5.05. The highest BCUT2D eigenvalue weighted by atomic mass is 35.5. The Morgan fingerprint density at radius 1 is 1.07 bits per heavy atom. The van der Waals surface area contributed by atoms with Gasteiger partial charge in [-0.3, -0.25) is 9.59 Å². The molecule has 1 heterocycles. The highest BCUT2D eigenvalue weighted by Gasteiger charge is 2.06. The average molecular weight is 413 g/mol. The second-order valence-corrected chi connectivity index (χ2v) is 7.36. The SMILES string of the molecule is CC(=O)c1ccc(-c2ccc(/C=N\NC(=O)CSc3ccc(Cl)cc3)o2)cc1. The molecule has 5 nitrogen and oxygen atoms in total. The summed E-state index contributed by atoms with van der Waals surface area (Å²) in [7, 11) is 0. The maximum Gasteiger partial charge on any atom is 0.250 e. The van der Waals surface area contributed by atoms with Gasteiger partial charge in [0.2, 0.25) is 5.91 Å². The standard InChI is InChI=1S/C21H17ClN2O3S/c1-14(25)15-2-4-16(5-3-15)20-11-8-18(27-20)12-23-24-21(26)13-28-19-9-6-17(22)7-10-19/h2-12H,13H2,1H3,(H,24,26)/b23-12-. The Morgan fingerprint density at radius 2 is 1.79 bits per heavy atom. The number of carbonyl (C=O) groups excluding carboxylic acids is 2. The van der Waals surface area contributed by atoms with E-state index in [9.17, 15) is 9.59 Å². The molecule has 1 aromatic heterocycles. The van der Waals surface area contributed by atoms with Gasteiger partial charge in [0.15, 0.2) is 5.78 Å². The van der Waals surface area contributed by atoms with Crippen molar-refractivity contribution in [3.8, 4) is 11.3 Å². The third kappa shape index (κ3) is 5.58. The van der Waals surface area contributed by atoms with Gasteiger partial charge in [-0.1, -0.05) is 35.9 Å². The Morgan fingerprint density at radius 3 is 2.46 bits per heavy atom. The summed E-state index contributed by atoms with van der Waals surface area (Å²) in [5.74, 6) is 1.20. The first-order chi connectivity index (χ1) is 13.5. The van der Waals surface area contributed by atoms with Crippen LogP contribution in [0.5, 0.6) is 0 Å². The van der Waals surface area contributed by atoms with Gasteiger partial charge in [-0.15, -0.1) is 11.8 Å². The van der Waals surface area contributed by atoms with Crippen LogP contribution < -0.4 is 5.43 Å². The van der Waals surface area contributed by atoms with E-state index in [1.165, 1.54) is 24.9 Å². The van der Waals surface area contributed by atoms with E-state index in [0.717, 1.165) is 10.5 Å². The Hall–Kier alpha value is -2.83. The zero-order chi connectivity index (χ0) is 19.9. The largest absolute Gasteiger partial charge is 0.455 e. The number of nitrogens with one attached hydrogen (secondary N) is 1. The lowest BCUT2D eigenvalue weighted by Crippen LogP contribution is -2.19. The summed E-state index contributed by atoms with van der Waals surface area (Å²) in [6.07, 6.45) is 1.44. The van der Waals surface area contributed by atoms with E-state index in [1.54, 1.807) is 30.3 Å². The van der Waals surface area contributed by atoms with Crippen LogP contribution >= 0.6 is 23.4 Å². The Kier molecular flexibility index (Phi) is 6.68. The van der Waals surface area contributed by atoms with Gasteiger partial charge < -0.3 is 4.42 Å². The van der Waals surface area contributed by atoms with Gasteiger partial charge in [0.25, 0.3) is 0 Å². The summed E-state index contributed by atoms with van der Waals surface area (Å²) in [6, 6.07) is 18.0. The van der Waals surface area contributed by atoms with E-state index in [4.69, 9.17) is 16.0 Å². The normalized spacial score (nSPS) is 10.9. The quantitative estimate of drug-likeness (QED) is 0.255. The maximum absolute atomic E-state index is 11.9. The van der Waals surface area contributed by atoms with Crippen LogP contribution in [0, 0.1) is 0 Å². The number of hydrogen-bond donors (Lipinski definition) is 1. The first-order valence-electron chi connectivity index (χ1n) is 8.43. The minimum atomic E-state index is -0.220. The third-order valence-electron chi connectivity index (χ3n) is 3.77. The van der Waals surface area contributed by atoms with E-state index < -0.39 is 0 Å². The van der Waals surface area contributed by atoms with E-state index in [-0.39, 0.29) is 17.4 Å². The lowest BCUT2D eigenvalue weighted by Gasteiger charge is -2.01. The molecule has 28 heavy (non-hydrogen) atoms. The van der Waals surface area contributed by atoms with E-state index in [0.29, 0.717) is 22.1 Å². The van der Waals surface area contributed by atoms with Crippen molar-refractivity contribution in [1.82, 2.24) is 5.43 Å². The van der Waals surface area contributed by atoms with Crippen molar-refractivity contribution in [2.24, 2.45) is 5.10 Å². The second-order valence-electron chi connectivity index (χ2n) is 5.87. The van der Waals surface area contributed by atoms with Crippen LogP contribution in [0.15, 0.2) is 75.1 Å². The molecule has 0 fully saturated rings. The summed E-state index contributed by atoms with van der Waals surface area (Å²) in [5, 5.41) is 4.57. The number of hydrazone groups is 1. The molecule has 0 aliphatic heterocycles. The highest BCUT2D eigenvalue weighted by Crippen LogP contribution is 2.22. The monoisotopic (exact) mass is 412 g/mol. The summed E-state index contributed by atoms with van der Waals surface area (Å²) in [4.78, 5) is 24.1. The van der Waals surface area contributed by atoms with E-state index >= 15 is 0 Å². The molecule has 7 heteroatoms. The molecule has 2 aromatic carbocycles. The number of benzene rings is 2. The number of furan rings is 1.